The van der Waals surface area contributed by atoms with Crippen molar-refractivity contribution in [2.75, 3.05) is 83.9 Å². The SMILES string of the molecule is CC(=O)Nc1nnc(S(N)(=O)=O)s1.O=P(N1CC1)(N1CC1)N1CCN(P(=O)(N2CC2)N2CC2)CC1. The van der Waals surface area contributed by atoms with Gasteiger partial charge in [-0.25, -0.2) is 41.6 Å². The van der Waals surface area contributed by atoms with E-state index in [-0.39, 0.29) is 15.4 Å². The molecule has 35 heavy (non-hydrogen) atoms. The molecular formula is C16H30N10O5P2S2. The zero-order chi connectivity index (χ0) is 25.0. The molecule has 19 heteroatoms. The van der Waals surface area contributed by atoms with E-state index in [0.29, 0.717) is 11.3 Å². The summed E-state index contributed by atoms with van der Waals surface area (Å²) in [4.78, 5) is 10.5. The van der Waals surface area contributed by atoms with Gasteiger partial charge in [0.2, 0.25) is 15.4 Å². The van der Waals surface area contributed by atoms with E-state index in [2.05, 4.69) is 43.5 Å². The van der Waals surface area contributed by atoms with Gasteiger partial charge >= 0.3 is 0 Å². The summed E-state index contributed by atoms with van der Waals surface area (Å²) in [6.07, 6.45) is 0. The predicted molar refractivity (Wildman–Crippen MR) is 130 cm³/mol. The molecule has 6 heterocycles. The Morgan fingerprint density at radius 2 is 1.09 bits per heavy atom. The lowest BCUT2D eigenvalue weighted by Crippen LogP contribution is -2.46. The van der Waals surface area contributed by atoms with Crippen molar-refractivity contribution in [2.24, 2.45) is 5.14 Å². The van der Waals surface area contributed by atoms with Gasteiger partial charge in [-0.1, -0.05) is 11.3 Å². The number of hydrogen-bond acceptors (Lipinski definition) is 8. The molecule has 0 saturated carbocycles. The fraction of sp³-hybridized carbons (Fsp3) is 0.812. The molecule has 0 aliphatic carbocycles. The van der Waals surface area contributed by atoms with Crippen LogP contribution in [0.2, 0.25) is 0 Å². The molecule has 6 rings (SSSR count). The third kappa shape index (κ3) is 5.55. The average molecular weight is 569 g/mol. The molecule has 5 aliphatic rings. The second-order valence-corrected chi connectivity index (χ2v) is 17.0. The number of aromatic nitrogens is 2. The van der Waals surface area contributed by atoms with Gasteiger partial charge in [-0.05, 0) is 0 Å². The van der Waals surface area contributed by atoms with Gasteiger partial charge in [0.05, 0.1) is 0 Å². The van der Waals surface area contributed by atoms with Crippen LogP contribution in [-0.2, 0) is 23.9 Å². The summed E-state index contributed by atoms with van der Waals surface area (Å²) in [5, 5.41) is 13.8. The van der Waals surface area contributed by atoms with Crippen LogP contribution in [-0.4, -0.2) is 131 Å². The Labute approximate surface area is 208 Å². The van der Waals surface area contributed by atoms with Crippen LogP contribution < -0.4 is 10.5 Å². The largest absolute Gasteiger partial charge is 0.301 e. The number of carbonyl (C=O) groups is 1. The number of piperazine rings is 1. The maximum Gasteiger partial charge on any atom is 0.287 e. The van der Waals surface area contributed by atoms with Gasteiger partial charge in [-0.2, -0.15) is 0 Å². The van der Waals surface area contributed by atoms with Crippen LogP contribution in [0.1, 0.15) is 6.92 Å². The van der Waals surface area contributed by atoms with E-state index in [1.165, 1.54) is 6.92 Å². The summed E-state index contributed by atoms with van der Waals surface area (Å²) in [5.74, 6) is -0.350. The molecule has 0 aromatic carbocycles. The van der Waals surface area contributed by atoms with Crippen molar-refractivity contribution in [3.8, 4) is 0 Å². The molecule has 0 spiro atoms. The van der Waals surface area contributed by atoms with E-state index >= 15 is 0 Å². The number of nitrogens with two attached hydrogens (primary N) is 1. The number of rotatable bonds is 8. The number of nitrogens with zero attached hydrogens (tertiary/aromatic N) is 8. The van der Waals surface area contributed by atoms with Gasteiger partial charge in [0.15, 0.2) is 0 Å². The lowest BCUT2D eigenvalue weighted by Gasteiger charge is -2.42. The summed E-state index contributed by atoms with van der Waals surface area (Å²) in [5.41, 5.74) is 0. The van der Waals surface area contributed by atoms with Crippen molar-refractivity contribution >= 4 is 47.6 Å². The Balaban J connectivity index is 0.000000168. The highest BCUT2D eigenvalue weighted by Gasteiger charge is 2.55. The fourth-order valence-corrected chi connectivity index (χ4v) is 11.4. The van der Waals surface area contributed by atoms with Crippen LogP contribution in [0.25, 0.3) is 0 Å². The topological polar surface area (TPSA) is 168 Å². The van der Waals surface area contributed by atoms with Gasteiger partial charge < -0.3 is 5.32 Å². The maximum atomic E-state index is 13.4. The minimum atomic E-state index is -3.82. The monoisotopic (exact) mass is 568 g/mol. The molecule has 1 aromatic heterocycles. The van der Waals surface area contributed by atoms with Crippen molar-refractivity contribution in [1.82, 2.24) is 38.2 Å². The molecule has 0 unspecified atom stereocenters. The fourth-order valence-electron chi connectivity index (χ4n) is 4.03. The van der Waals surface area contributed by atoms with Gasteiger partial charge in [0.1, 0.15) is 0 Å². The van der Waals surface area contributed by atoms with Gasteiger partial charge in [0.25, 0.3) is 25.2 Å². The number of hydrogen-bond donors (Lipinski definition) is 2. The molecular weight excluding hydrogens is 538 g/mol. The van der Waals surface area contributed by atoms with Gasteiger partial charge in [-0.3, -0.25) is 13.9 Å². The Bertz CT molecular complexity index is 1090. The van der Waals surface area contributed by atoms with Crippen LogP contribution in [0, 0.1) is 0 Å². The van der Waals surface area contributed by atoms with Crippen molar-refractivity contribution in [3.63, 3.8) is 0 Å². The standard InChI is InChI=1S/C12H24N6O2P2.C4H6N4O3S2/c19-21(15-5-6-15,16-7-8-16)13-1-2-14(4-3-13)22(20,17-9-10-17)18-11-12-18;1-2(9)6-3-7-8-4(12-3)13(5,10)11/h1-12H2;1H3,(H2,5,10,11)(H,6,7,9). The summed E-state index contributed by atoms with van der Waals surface area (Å²) in [6.45, 7) is 12.1. The molecule has 0 radical (unpaired) electrons. The number of primary sulfonamides is 1. The number of amides is 1. The van der Waals surface area contributed by atoms with Gasteiger partial charge in [-0.15, -0.1) is 10.2 Å². The normalized spacial score (nSPS) is 24.5. The second kappa shape index (κ2) is 9.48. The predicted octanol–water partition coefficient (Wildman–Crippen LogP) is -0.773. The summed E-state index contributed by atoms with van der Waals surface area (Å²) < 4.78 is 60.8. The first-order chi connectivity index (χ1) is 16.5. The lowest BCUT2D eigenvalue weighted by molar-refractivity contribution is -0.114. The molecule has 5 fully saturated rings. The van der Waals surface area contributed by atoms with Crippen LogP contribution in [0.15, 0.2) is 4.34 Å². The Kier molecular flexibility index (Phi) is 6.98. The number of sulfonamides is 1. The third-order valence-electron chi connectivity index (χ3n) is 6.07. The lowest BCUT2D eigenvalue weighted by atomic mass is 10.4. The van der Waals surface area contributed by atoms with Gasteiger partial charge in [0, 0.05) is 85.5 Å². The third-order valence-corrected chi connectivity index (χ3v) is 15.0. The number of anilines is 1. The summed E-state index contributed by atoms with van der Waals surface area (Å²) in [7, 11) is -8.73. The van der Waals surface area contributed by atoms with Crippen LogP contribution >= 0.6 is 26.5 Å². The minimum absolute atomic E-state index is 0.108. The highest BCUT2D eigenvalue weighted by atomic mass is 32.2. The zero-order valence-electron chi connectivity index (χ0n) is 19.4. The van der Waals surface area contributed by atoms with Crippen molar-refractivity contribution in [1.29, 1.82) is 0 Å². The summed E-state index contributed by atoms with van der Waals surface area (Å²) in [6, 6.07) is 0. The Morgan fingerprint density at radius 1 is 0.771 bits per heavy atom. The second-order valence-electron chi connectivity index (χ2n) is 8.85. The smallest absolute Gasteiger partial charge is 0.287 e. The van der Waals surface area contributed by atoms with Crippen molar-refractivity contribution in [2.45, 2.75) is 11.3 Å². The minimum Gasteiger partial charge on any atom is -0.301 e. The quantitative estimate of drug-likeness (QED) is 0.228. The van der Waals surface area contributed by atoms with E-state index in [1.54, 1.807) is 0 Å². The molecule has 3 N–H and O–H groups in total. The van der Waals surface area contributed by atoms with E-state index in [1.807, 2.05) is 0 Å². The Morgan fingerprint density at radius 3 is 1.31 bits per heavy atom. The van der Waals surface area contributed by atoms with E-state index < -0.39 is 25.2 Å². The van der Waals surface area contributed by atoms with Crippen molar-refractivity contribution in [3.05, 3.63) is 0 Å². The first-order valence-corrected chi connectivity index (χ1v) is 16.9. The van der Waals surface area contributed by atoms with E-state index in [4.69, 9.17) is 5.14 Å². The maximum absolute atomic E-state index is 13.4. The zero-order valence-corrected chi connectivity index (χ0v) is 22.8. The molecule has 0 atom stereocenters. The summed E-state index contributed by atoms with van der Waals surface area (Å²) >= 11 is 0.701. The molecule has 5 aliphatic heterocycles. The van der Waals surface area contributed by atoms with Crippen LogP contribution in [0.5, 0.6) is 0 Å². The highest BCUT2D eigenvalue weighted by molar-refractivity contribution is 7.91. The molecule has 196 valence electrons. The number of nitrogens with one attached hydrogen (secondary N) is 1. The first-order valence-electron chi connectivity index (χ1n) is 11.4. The Hall–Kier alpha value is -0.840. The van der Waals surface area contributed by atoms with Crippen LogP contribution in [0.3, 0.4) is 0 Å². The molecule has 0 bridgehead atoms. The highest BCUT2D eigenvalue weighted by Crippen LogP contribution is 2.66. The molecule has 1 amide bonds. The van der Waals surface area contributed by atoms with E-state index in [0.717, 1.165) is 78.5 Å². The average Bonchev–Trinajstić information content (AvgIpc) is 3.64. The first kappa shape index (κ1) is 25.8. The van der Waals surface area contributed by atoms with Crippen LogP contribution in [0.4, 0.5) is 5.13 Å². The van der Waals surface area contributed by atoms with Crippen molar-refractivity contribution < 1.29 is 22.3 Å². The number of carbonyl (C=O) groups excluding carboxylic acids is 1. The molecule has 1 aromatic rings. The van der Waals surface area contributed by atoms with E-state index in [9.17, 15) is 22.3 Å². The molecule has 5 saturated heterocycles. The molecule has 15 nitrogen and oxygen atoms in total.